The van der Waals surface area contributed by atoms with Gasteiger partial charge in [-0.25, -0.2) is 0 Å². The van der Waals surface area contributed by atoms with Crippen molar-refractivity contribution in [1.29, 1.82) is 0 Å². The molecule has 100 valence electrons. The van der Waals surface area contributed by atoms with E-state index in [1.54, 1.807) is 6.20 Å². The maximum atomic E-state index is 5.54. The van der Waals surface area contributed by atoms with E-state index in [1.807, 2.05) is 13.1 Å². The highest BCUT2D eigenvalue weighted by Crippen LogP contribution is 2.39. The van der Waals surface area contributed by atoms with Crippen LogP contribution in [0.2, 0.25) is 0 Å². The van der Waals surface area contributed by atoms with E-state index in [1.165, 1.54) is 24.8 Å². The van der Waals surface area contributed by atoms with Crippen LogP contribution >= 0.6 is 0 Å². The molecule has 1 aliphatic rings. The topological polar surface area (TPSA) is 34.2 Å². The van der Waals surface area contributed by atoms with Gasteiger partial charge in [0.05, 0.1) is 12.8 Å². The summed E-state index contributed by atoms with van der Waals surface area (Å²) in [6, 6.07) is 2.17. The molecule has 1 aromatic rings. The minimum Gasteiger partial charge on any atom is -0.492 e. The molecule has 18 heavy (non-hydrogen) atoms. The van der Waals surface area contributed by atoms with Crippen LogP contribution in [0.1, 0.15) is 44.6 Å². The number of aromatic nitrogens is 1. The Morgan fingerprint density at radius 2 is 2.22 bits per heavy atom. The summed E-state index contributed by atoms with van der Waals surface area (Å²) in [6.45, 7) is 7.06. The fourth-order valence-corrected chi connectivity index (χ4v) is 2.93. The van der Waals surface area contributed by atoms with Crippen LogP contribution in [-0.2, 0) is 0 Å². The number of hydrogen-bond donors (Lipinski definition) is 1. The molecule has 0 aliphatic heterocycles. The molecule has 2 atom stereocenters. The minimum absolute atomic E-state index is 0.650. The summed E-state index contributed by atoms with van der Waals surface area (Å²) < 4.78 is 5.54. The van der Waals surface area contributed by atoms with Crippen molar-refractivity contribution in [3.8, 4) is 5.75 Å². The second-order valence-electron chi connectivity index (χ2n) is 4.99. The van der Waals surface area contributed by atoms with E-state index in [9.17, 15) is 0 Å². The van der Waals surface area contributed by atoms with Gasteiger partial charge in [-0.05, 0) is 56.3 Å². The van der Waals surface area contributed by atoms with Gasteiger partial charge >= 0.3 is 0 Å². The molecule has 0 radical (unpaired) electrons. The predicted molar refractivity (Wildman–Crippen MR) is 74.0 cm³/mol. The van der Waals surface area contributed by atoms with E-state index in [0.29, 0.717) is 12.5 Å². The molecule has 2 unspecified atom stereocenters. The van der Waals surface area contributed by atoms with Crippen molar-refractivity contribution < 1.29 is 4.74 Å². The zero-order valence-corrected chi connectivity index (χ0v) is 11.5. The highest BCUT2D eigenvalue weighted by Gasteiger charge is 2.28. The fourth-order valence-electron chi connectivity index (χ4n) is 2.93. The Balaban J connectivity index is 2.06. The first-order valence-electron chi connectivity index (χ1n) is 7.13. The molecule has 2 rings (SSSR count). The molecule has 3 nitrogen and oxygen atoms in total. The molecule has 1 aromatic heterocycles. The van der Waals surface area contributed by atoms with Gasteiger partial charge in [-0.3, -0.25) is 4.98 Å². The SMILES string of the molecule is CCNCC1CCCC1c1cncc(OCC)c1. The van der Waals surface area contributed by atoms with Crippen molar-refractivity contribution in [2.45, 2.75) is 39.0 Å². The Bertz CT molecular complexity index is 367. The maximum absolute atomic E-state index is 5.54. The summed E-state index contributed by atoms with van der Waals surface area (Å²) in [5.41, 5.74) is 1.35. The van der Waals surface area contributed by atoms with Crippen molar-refractivity contribution in [3.05, 3.63) is 24.0 Å². The molecule has 1 fully saturated rings. The van der Waals surface area contributed by atoms with Crippen molar-refractivity contribution in [2.24, 2.45) is 5.92 Å². The number of nitrogens with zero attached hydrogens (tertiary/aromatic N) is 1. The quantitative estimate of drug-likeness (QED) is 0.840. The van der Waals surface area contributed by atoms with Gasteiger partial charge in [0.2, 0.25) is 0 Å². The normalized spacial score (nSPS) is 23.2. The van der Waals surface area contributed by atoms with Crippen molar-refractivity contribution in [2.75, 3.05) is 19.7 Å². The van der Waals surface area contributed by atoms with Gasteiger partial charge in [0.1, 0.15) is 5.75 Å². The molecule has 0 saturated heterocycles. The Hall–Kier alpha value is -1.09. The summed E-state index contributed by atoms with van der Waals surface area (Å²) in [4.78, 5) is 4.32. The van der Waals surface area contributed by atoms with Crippen LogP contribution in [0, 0.1) is 5.92 Å². The van der Waals surface area contributed by atoms with Crippen LogP contribution in [0.4, 0.5) is 0 Å². The summed E-state index contributed by atoms with van der Waals surface area (Å²) in [6.07, 6.45) is 7.77. The molecule has 1 aliphatic carbocycles. The molecular formula is C15H24N2O. The van der Waals surface area contributed by atoms with Gasteiger partial charge < -0.3 is 10.1 Å². The third-order valence-corrected chi connectivity index (χ3v) is 3.79. The first-order valence-corrected chi connectivity index (χ1v) is 7.13. The van der Waals surface area contributed by atoms with Crippen LogP contribution in [0.3, 0.4) is 0 Å². The zero-order chi connectivity index (χ0) is 12.8. The summed E-state index contributed by atoms with van der Waals surface area (Å²) in [7, 11) is 0. The molecule has 1 N–H and O–H groups in total. The summed E-state index contributed by atoms with van der Waals surface area (Å²) >= 11 is 0. The second-order valence-corrected chi connectivity index (χ2v) is 4.99. The standard InChI is InChI=1S/C15H24N2O/c1-3-16-9-12-6-5-7-15(12)13-8-14(18-4-2)11-17-10-13/h8,10-12,15-16H,3-7,9H2,1-2H3. The Morgan fingerprint density at radius 3 is 3.00 bits per heavy atom. The monoisotopic (exact) mass is 248 g/mol. The van der Waals surface area contributed by atoms with Gasteiger partial charge in [-0.1, -0.05) is 13.3 Å². The van der Waals surface area contributed by atoms with Gasteiger partial charge in [0, 0.05) is 6.20 Å². The van der Waals surface area contributed by atoms with Crippen molar-refractivity contribution >= 4 is 0 Å². The third kappa shape index (κ3) is 3.22. The van der Waals surface area contributed by atoms with Gasteiger partial charge in [-0.2, -0.15) is 0 Å². The molecule has 1 saturated carbocycles. The van der Waals surface area contributed by atoms with Crippen LogP contribution in [-0.4, -0.2) is 24.7 Å². The minimum atomic E-state index is 0.650. The largest absolute Gasteiger partial charge is 0.492 e. The lowest BCUT2D eigenvalue weighted by Gasteiger charge is -2.20. The van der Waals surface area contributed by atoms with E-state index in [2.05, 4.69) is 23.3 Å². The molecule has 3 heteroatoms. The number of hydrogen-bond acceptors (Lipinski definition) is 3. The van der Waals surface area contributed by atoms with E-state index in [4.69, 9.17) is 4.74 Å². The molecule has 0 bridgehead atoms. The molecule has 1 heterocycles. The number of pyridine rings is 1. The Morgan fingerprint density at radius 1 is 1.33 bits per heavy atom. The fraction of sp³-hybridized carbons (Fsp3) is 0.667. The summed E-state index contributed by atoms with van der Waals surface area (Å²) in [5, 5.41) is 3.48. The van der Waals surface area contributed by atoms with E-state index in [0.717, 1.165) is 24.8 Å². The van der Waals surface area contributed by atoms with Crippen LogP contribution in [0.5, 0.6) is 5.75 Å². The second kappa shape index (κ2) is 6.74. The van der Waals surface area contributed by atoms with E-state index < -0.39 is 0 Å². The van der Waals surface area contributed by atoms with Gasteiger partial charge in [0.25, 0.3) is 0 Å². The Kier molecular flexibility index (Phi) is 5.00. The lowest BCUT2D eigenvalue weighted by molar-refractivity contribution is 0.337. The lowest BCUT2D eigenvalue weighted by Crippen LogP contribution is -2.24. The van der Waals surface area contributed by atoms with Crippen molar-refractivity contribution in [3.63, 3.8) is 0 Å². The molecule has 0 spiro atoms. The number of rotatable bonds is 6. The van der Waals surface area contributed by atoms with Gasteiger partial charge in [-0.15, -0.1) is 0 Å². The average molecular weight is 248 g/mol. The smallest absolute Gasteiger partial charge is 0.137 e. The maximum Gasteiger partial charge on any atom is 0.137 e. The predicted octanol–water partition coefficient (Wildman–Crippen LogP) is 2.97. The first-order chi connectivity index (χ1) is 8.85. The first kappa shape index (κ1) is 13.3. The van der Waals surface area contributed by atoms with Crippen LogP contribution in [0.25, 0.3) is 0 Å². The van der Waals surface area contributed by atoms with Crippen molar-refractivity contribution in [1.82, 2.24) is 10.3 Å². The highest BCUT2D eigenvalue weighted by molar-refractivity contribution is 5.27. The van der Waals surface area contributed by atoms with Gasteiger partial charge in [0.15, 0.2) is 0 Å². The van der Waals surface area contributed by atoms with Crippen LogP contribution < -0.4 is 10.1 Å². The lowest BCUT2D eigenvalue weighted by atomic mass is 9.90. The van der Waals surface area contributed by atoms with E-state index in [-0.39, 0.29) is 0 Å². The third-order valence-electron chi connectivity index (χ3n) is 3.79. The average Bonchev–Trinajstić information content (AvgIpc) is 2.85. The zero-order valence-electron chi connectivity index (χ0n) is 11.5. The van der Waals surface area contributed by atoms with E-state index >= 15 is 0 Å². The van der Waals surface area contributed by atoms with Crippen LogP contribution in [0.15, 0.2) is 18.5 Å². The highest BCUT2D eigenvalue weighted by atomic mass is 16.5. The Labute approximate surface area is 110 Å². The number of ether oxygens (including phenoxy) is 1. The molecule has 0 amide bonds. The molecular weight excluding hydrogens is 224 g/mol. The molecule has 0 aromatic carbocycles. The number of nitrogens with one attached hydrogen (secondary N) is 1. The summed E-state index contributed by atoms with van der Waals surface area (Å²) in [5.74, 6) is 2.31.